The van der Waals surface area contributed by atoms with E-state index in [1.165, 1.54) is 12.1 Å². The van der Waals surface area contributed by atoms with Crippen LogP contribution >= 0.6 is 0 Å². The number of nitrogens with zero attached hydrogens (tertiary/aromatic N) is 1. The summed E-state index contributed by atoms with van der Waals surface area (Å²) in [7, 11) is 1.67. The molecule has 0 spiro atoms. The third-order valence-electron chi connectivity index (χ3n) is 3.04. The number of nitro groups is 1. The lowest BCUT2D eigenvalue weighted by Crippen LogP contribution is -2.06. The molecule has 0 saturated heterocycles. The summed E-state index contributed by atoms with van der Waals surface area (Å²) >= 11 is 0. The maximum Gasteiger partial charge on any atom is 0.270 e. The van der Waals surface area contributed by atoms with Gasteiger partial charge in [-0.25, -0.2) is 0 Å². The minimum Gasteiger partial charge on any atom is -0.388 e. The molecule has 0 atom stereocenters. The molecule has 0 bridgehead atoms. The van der Waals surface area contributed by atoms with Gasteiger partial charge < -0.3 is 5.32 Å². The molecule has 0 heterocycles. The highest BCUT2D eigenvalue weighted by molar-refractivity contribution is 6.12. The summed E-state index contributed by atoms with van der Waals surface area (Å²) in [5.41, 5.74) is 2.33. The lowest BCUT2D eigenvalue weighted by atomic mass is 10.00. The van der Waals surface area contributed by atoms with E-state index in [4.69, 9.17) is 0 Å². The van der Waals surface area contributed by atoms with E-state index in [-0.39, 0.29) is 11.5 Å². The van der Waals surface area contributed by atoms with E-state index in [1.54, 1.807) is 25.2 Å². The molecule has 20 heavy (non-hydrogen) atoms. The van der Waals surface area contributed by atoms with Crippen LogP contribution in [-0.4, -0.2) is 17.8 Å². The summed E-state index contributed by atoms with van der Waals surface area (Å²) in [5, 5.41) is 13.7. The Hall–Kier alpha value is -2.69. The number of hydrogen-bond donors (Lipinski definition) is 1. The molecule has 102 valence electrons. The van der Waals surface area contributed by atoms with Crippen molar-refractivity contribution in [3.8, 4) is 0 Å². The van der Waals surface area contributed by atoms with Gasteiger partial charge in [0.15, 0.2) is 5.78 Å². The van der Waals surface area contributed by atoms with Crippen molar-refractivity contribution in [2.45, 2.75) is 6.92 Å². The zero-order chi connectivity index (χ0) is 14.7. The lowest BCUT2D eigenvalue weighted by Gasteiger charge is -2.08. The van der Waals surface area contributed by atoms with Crippen LogP contribution in [0.25, 0.3) is 0 Å². The minimum atomic E-state index is -0.509. The Morgan fingerprint density at radius 3 is 2.35 bits per heavy atom. The number of nitro benzene ring substituents is 1. The van der Waals surface area contributed by atoms with Gasteiger partial charge in [0, 0.05) is 30.4 Å². The second-order valence-electron chi connectivity index (χ2n) is 4.43. The predicted octanol–water partition coefficient (Wildman–Crippen LogP) is 3.18. The molecule has 1 N–H and O–H groups in total. The Bertz CT molecular complexity index is 663. The van der Waals surface area contributed by atoms with Crippen molar-refractivity contribution in [3.05, 3.63) is 69.3 Å². The van der Waals surface area contributed by atoms with Crippen LogP contribution in [0.4, 0.5) is 11.4 Å². The Morgan fingerprint density at radius 1 is 1.15 bits per heavy atom. The van der Waals surface area contributed by atoms with Crippen molar-refractivity contribution in [2.75, 3.05) is 12.4 Å². The summed E-state index contributed by atoms with van der Waals surface area (Å²) in [5.74, 6) is -0.238. The number of nitrogens with one attached hydrogen (secondary N) is 1. The number of carbonyl (C=O) groups is 1. The van der Waals surface area contributed by atoms with Gasteiger partial charge in [0.05, 0.1) is 10.5 Å². The van der Waals surface area contributed by atoms with Gasteiger partial charge in [-0.2, -0.15) is 0 Å². The number of non-ortho nitro benzene ring substituents is 1. The highest BCUT2D eigenvalue weighted by atomic mass is 16.6. The number of benzene rings is 2. The molecule has 0 radical (unpaired) electrons. The zero-order valence-corrected chi connectivity index (χ0v) is 11.2. The molecule has 0 saturated carbocycles. The Labute approximate surface area is 116 Å². The average Bonchev–Trinajstić information content (AvgIpc) is 2.46. The number of aryl methyl sites for hydroxylation is 1. The first-order valence-electron chi connectivity index (χ1n) is 6.10. The normalized spacial score (nSPS) is 10.1. The summed E-state index contributed by atoms with van der Waals surface area (Å²) in [4.78, 5) is 22.8. The molecule has 0 fully saturated rings. The van der Waals surface area contributed by atoms with Crippen molar-refractivity contribution in [1.29, 1.82) is 0 Å². The smallest absolute Gasteiger partial charge is 0.270 e. The summed E-state index contributed by atoms with van der Waals surface area (Å²) < 4.78 is 0. The van der Waals surface area contributed by atoms with Crippen molar-refractivity contribution in [3.63, 3.8) is 0 Å². The minimum absolute atomic E-state index is 0.0977. The molecule has 0 aliphatic carbocycles. The van der Waals surface area contributed by atoms with Crippen LogP contribution in [0.1, 0.15) is 21.5 Å². The van der Waals surface area contributed by atoms with E-state index in [2.05, 4.69) is 5.32 Å². The van der Waals surface area contributed by atoms with Gasteiger partial charge in [-0.1, -0.05) is 29.8 Å². The number of carbonyl (C=O) groups excluding carboxylic acids is 1. The molecule has 0 aromatic heterocycles. The number of hydrogen-bond acceptors (Lipinski definition) is 4. The topological polar surface area (TPSA) is 72.2 Å². The number of ketones is 1. The van der Waals surface area contributed by atoms with Crippen LogP contribution in [-0.2, 0) is 0 Å². The van der Waals surface area contributed by atoms with Crippen LogP contribution in [0, 0.1) is 17.0 Å². The fourth-order valence-corrected chi connectivity index (χ4v) is 1.91. The first kappa shape index (κ1) is 13.7. The maximum absolute atomic E-state index is 12.4. The largest absolute Gasteiger partial charge is 0.388 e. The molecule has 0 aliphatic rings. The van der Waals surface area contributed by atoms with Gasteiger partial charge in [0.25, 0.3) is 5.69 Å². The summed E-state index contributed by atoms with van der Waals surface area (Å²) in [6.07, 6.45) is 0. The Morgan fingerprint density at radius 2 is 1.80 bits per heavy atom. The average molecular weight is 270 g/mol. The van der Waals surface area contributed by atoms with E-state index < -0.39 is 4.92 Å². The van der Waals surface area contributed by atoms with Crippen LogP contribution in [0.5, 0.6) is 0 Å². The number of rotatable bonds is 4. The van der Waals surface area contributed by atoms with E-state index >= 15 is 0 Å². The summed E-state index contributed by atoms with van der Waals surface area (Å²) in [6, 6.07) is 11.3. The van der Waals surface area contributed by atoms with E-state index in [1.807, 2.05) is 19.1 Å². The Kier molecular flexibility index (Phi) is 3.79. The quantitative estimate of drug-likeness (QED) is 0.526. The Balaban J connectivity index is 2.49. The first-order valence-corrected chi connectivity index (χ1v) is 6.10. The molecule has 0 unspecified atom stereocenters. The molecule has 2 aromatic carbocycles. The van der Waals surface area contributed by atoms with Gasteiger partial charge in [0.2, 0.25) is 0 Å². The fraction of sp³-hybridized carbons (Fsp3) is 0.133. The van der Waals surface area contributed by atoms with E-state index in [0.29, 0.717) is 16.8 Å². The predicted molar refractivity (Wildman–Crippen MR) is 77.3 cm³/mol. The van der Waals surface area contributed by atoms with Gasteiger partial charge in [0.1, 0.15) is 0 Å². The summed E-state index contributed by atoms with van der Waals surface area (Å²) in [6.45, 7) is 1.93. The molecule has 2 aromatic rings. The van der Waals surface area contributed by atoms with Gasteiger partial charge in [-0.15, -0.1) is 0 Å². The highest BCUT2D eigenvalue weighted by Crippen LogP contribution is 2.24. The van der Waals surface area contributed by atoms with Crippen LogP contribution in [0.2, 0.25) is 0 Å². The van der Waals surface area contributed by atoms with Crippen LogP contribution in [0.3, 0.4) is 0 Å². The van der Waals surface area contributed by atoms with E-state index in [9.17, 15) is 14.9 Å². The van der Waals surface area contributed by atoms with Gasteiger partial charge in [-0.05, 0) is 13.0 Å². The molecule has 0 aliphatic heterocycles. The molecule has 2 rings (SSSR count). The molecular formula is C15H14N2O3. The van der Waals surface area contributed by atoms with Crippen molar-refractivity contribution < 1.29 is 9.72 Å². The van der Waals surface area contributed by atoms with Crippen LogP contribution in [0.15, 0.2) is 42.5 Å². The molecule has 5 nitrogen and oxygen atoms in total. The van der Waals surface area contributed by atoms with E-state index in [0.717, 1.165) is 5.56 Å². The van der Waals surface area contributed by atoms with Gasteiger partial charge in [-0.3, -0.25) is 14.9 Å². The monoisotopic (exact) mass is 270 g/mol. The fourth-order valence-electron chi connectivity index (χ4n) is 1.91. The third kappa shape index (κ3) is 2.66. The van der Waals surface area contributed by atoms with Crippen molar-refractivity contribution in [1.82, 2.24) is 0 Å². The SMILES string of the molecule is CNc1ccc([N+](=O)[O-])cc1C(=O)c1ccc(C)cc1. The third-order valence-corrected chi connectivity index (χ3v) is 3.04. The second-order valence-corrected chi connectivity index (χ2v) is 4.43. The maximum atomic E-state index is 12.4. The van der Waals surface area contributed by atoms with Crippen molar-refractivity contribution in [2.24, 2.45) is 0 Å². The molecular weight excluding hydrogens is 256 g/mol. The van der Waals surface area contributed by atoms with Gasteiger partial charge >= 0.3 is 0 Å². The van der Waals surface area contributed by atoms with Crippen LogP contribution < -0.4 is 5.32 Å². The lowest BCUT2D eigenvalue weighted by molar-refractivity contribution is -0.384. The molecule has 0 amide bonds. The first-order chi connectivity index (χ1) is 9.52. The highest BCUT2D eigenvalue weighted by Gasteiger charge is 2.17. The number of anilines is 1. The standard InChI is InChI=1S/C15H14N2O3/c1-10-3-5-11(6-4-10)15(18)13-9-12(17(19)20)7-8-14(13)16-2/h3-9,16H,1-2H3. The second kappa shape index (κ2) is 5.52. The van der Waals surface area contributed by atoms with Crippen molar-refractivity contribution >= 4 is 17.2 Å². The zero-order valence-electron chi connectivity index (χ0n) is 11.2. The molecule has 5 heteroatoms.